The topological polar surface area (TPSA) is 112 Å². The predicted octanol–water partition coefficient (Wildman–Crippen LogP) is 3.59. The molecule has 12 heteroatoms. The third-order valence-corrected chi connectivity index (χ3v) is 4.73. The molecule has 2 heterocycles. The van der Waals surface area contributed by atoms with Crippen molar-refractivity contribution in [2.45, 2.75) is 0 Å². The first kappa shape index (κ1) is 19.5. The lowest BCUT2D eigenvalue weighted by molar-refractivity contribution is 0.369. The fourth-order valence-corrected chi connectivity index (χ4v) is 3.23. The van der Waals surface area contributed by atoms with Crippen LogP contribution < -0.4 is 9.05 Å². The summed E-state index contributed by atoms with van der Waals surface area (Å²) < 4.78 is 50.5. The lowest BCUT2D eigenvalue weighted by atomic mass is 10.3. The van der Waals surface area contributed by atoms with Crippen molar-refractivity contribution in [3.8, 4) is 34.6 Å². The van der Waals surface area contributed by atoms with Gasteiger partial charge in [-0.2, -0.15) is 19.6 Å². The average Bonchev–Trinajstić information content (AvgIpc) is 3.26. The molecule has 0 unspecified atom stereocenters. The molecule has 4 rings (SSSR count). The van der Waals surface area contributed by atoms with Crippen LogP contribution in [0.15, 0.2) is 60.9 Å². The van der Waals surface area contributed by atoms with Gasteiger partial charge in [0.15, 0.2) is 0 Å². The predicted molar refractivity (Wildman–Crippen MR) is 101 cm³/mol. The Morgan fingerprint density at radius 1 is 0.733 bits per heavy atom. The van der Waals surface area contributed by atoms with E-state index in [0.29, 0.717) is 11.4 Å². The summed E-state index contributed by atoms with van der Waals surface area (Å²) in [7, 11) is -3.28. The maximum absolute atomic E-state index is 13.0. The molecule has 0 aliphatic heterocycles. The van der Waals surface area contributed by atoms with Crippen LogP contribution in [0.1, 0.15) is 0 Å². The lowest BCUT2D eigenvalue weighted by Gasteiger charge is -2.07. The van der Waals surface area contributed by atoms with Crippen molar-refractivity contribution in [3.63, 3.8) is 0 Å². The van der Waals surface area contributed by atoms with Crippen molar-refractivity contribution in [2.24, 2.45) is 0 Å². The Morgan fingerprint density at radius 3 is 1.47 bits per heavy atom. The SMILES string of the molecule is O=[PH](Oc1cnn(-c2ccc(F)cc2)c1O)Oc1cnn(-c2ccc(F)cc2)c1O. The Kier molecular flexibility index (Phi) is 5.11. The van der Waals surface area contributed by atoms with Crippen LogP contribution in [0.2, 0.25) is 0 Å². The van der Waals surface area contributed by atoms with Crippen molar-refractivity contribution < 1.29 is 32.6 Å². The minimum atomic E-state index is -3.28. The molecule has 0 amide bonds. The molecule has 0 bridgehead atoms. The third kappa shape index (κ3) is 3.83. The third-order valence-electron chi connectivity index (χ3n) is 3.95. The zero-order chi connectivity index (χ0) is 21.3. The number of benzene rings is 2. The van der Waals surface area contributed by atoms with Gasteiger partial charge >= 0.3 is 8.25 Å². The number of hydrogen-bond acceptors (Lipinski definition) is 7. The zero-order valence-electron chi connectivity index (χ0n) is 14.9. The molecule has 0 radical (unpaired) electrons. The second kappa shape index (κ2) is 7.88. The first-order chi connectivity index (χ1) is 14.4. The molecule has 0 aliphatic rings. The summed E-state index contributed by atoms with van der Waals surface area (Å²) in [5, 5.41) is 28.2. The summed E-state index contributed by atoms with van der Waals surface area (Å²) >= 11 is 0. The number of hydrogen-bond donors (Lipinski definition) is 2. The van der Waals surface area contributed by atoms with Crippen molar-refractivity contribution in [3.05, 3.63) is 72.6 Å². The van der Waals surface area contributed by atoms with E-state index in [1.54, 1.807) is 0 Å². The molecule has 0 saturated carbocycles. The van der Waals surface area contributed by atoms with Gasteiger partial charge in [-0.3, -0.25) is 0 Å². The fraction of sp³-hybridized carbons (Fsp3) is 0. The summed E-state index contributed by atoms with van der Waals surface area (Å²) in [4.78, 5) is 0. The number of nitrogens with zero attached hydrogens (tertiary/aromatic N) is 4. The average molecular weight is 434 g/mol. The molecule has 9 nitrogen and oxygen atoms in total. The van der Waals surface area contributed by atoms with Crippen molar-refractivity contribution in [1.82, 2.24) is 19.6 Å². The smallest absolute Gasteiger partial charge is 0.419 e. The quantitative estimate of drug-likeness (QED) is 0.446. The van der Waals surface area contributed by atoms with E-state index in [-0.39, 0.29) is 11.5 Å². The van der Waals surface area contributed by atoms with Crippen LogP contribution in [-0.2, 0) is 4.57 Å². The Bertz CT molecular complexity index is 1110. The summed E-state index contributed by atoms with van der Waals surface area (Å²) in [6.45, 7) is 0. The molecule has 0 aliphatic carbocycles. The van der Waals surface area contributed by atoms with Gasteiger partial charge < -0.3 is 19.3 Å². The first-order valence-electron chi connectivity index (χ1n) is 8.38. The van der Waals surface area contributed by atoms with Crippen LogP contribution in [0.5, 0.6) is 23.3 Å². The van der Waals surface area contributed by atoms with Crippen molar-refractivity contribution in [1.29, 1.82) is 0 Å². The summed E-state index contributed by atoms with van der Waals surface area (Å²) in [6.07, 6.45) is 2.21. The normalized spacial score (nSPS) is 11.0. The monoisotopic (exact) mass is 434 g/mol. The molecule has 30 heavy (non-hydrogen) atoms. The number of aromatic nitrogens is 4. The highest BCUT2D eigenvalue weighted by atomic mass is 31.1. The van der Waals surface area contributed by atoms with Crippen molar-refractivity contribution >= 4 is 8.25 Å². The minimum Gasteiger partial charge on any atom is -0.491 e. The van der Waals surface area contributed by atoms with E-state index >= 15 is 0 Å². The van der Waals surface area contributed by atoms with Gasteiger partial charge in [0.2, 0.25) is 11.5 Å². The van der Waals surface area contributed by atoms with E-state index in [4.69, 9.17) is 9.05 Å². The maximum Gasteiger partial charge on any atom is 0.419 e. The Labute approximate surface area is 168 Å². The standard InChI is InChI=1S/C18H13F2N4O5P/c19-11-1-5-13(6-2-11)23-17(25)15(9-21-23)28-30(27)29-16-10-22-24(18(16)26)14-7-3-12(20)4-8-14/h1-10,25-26,30H. The van der Waals surface area contributed by atoms with E-state index in [2.05, 4.69) is 10.2 Å². The van der Waals surface area contributed by atoms with Gasteiger partial charge in [-0.15, -0.1) is 0 Å². The van der Waals surface area contributed by atoms with Gasteiger partial charge in [-0.1, -0.05) is 0 Å². The van der Waals surface area contributed by atoms with Crippen LogP contribution in [0, 0.1) is 11.6 Å². The highest BCUT2D eigenvalue weighted by Gasteiger charge is 2.19. The molecule has 0 spiro atoms. The van der Waals surface area contributed by atoms with Crippen LogP contribution >= 0.6 is 8.25 Å². The molecule has 0 saturated heterocycles. The number of halogens is 2. The highest BCUT2D eigenvalue weighted by Crippen LogP contribution is 2.39. The van der Waals surface area contributed by atoms with Crippen LogP contribution in [0.3, 0.4) is 0 Å². The molecular weight excluding hydrogens is 421 g/mol. The number of aromatic hydroxyl groups is 2. The van der Waals surface area contributed by atoms with Gasteiger partial charge in [0.1, 0.15) is 11.6 Å². The van der Waals surface area contributed by atoms with Crippen LogP contribution in [0.4, 0.5) is 8.78 Å². The van der Waals surface area contributed by atoms with Crippen molar-refractivity contribution in [2.75, 3.05) is 0 Å². The minimum absolute atomic E-state index is 0.242. The largest absolute Gasteiger partial charge is 0.491 e. The summed E-state index contributed by atoms with van der Waals surface area (Å²) in [5.41, 5.74) is 0.699. The zero-order valence-corrected chi connectivity index (χ0v) is 15.9. The van der Waals surface area contributed by atoms with Crippen LogP contribution in [0.25, 0.3) is 11.4 Å². The van der Waals surface area contributed by atoms with E-state index in [1.165, 1.54) is 48.5 Å². The summed E-state index contributed by atoms with van der Waals surface area (Å²) in [6, 6.07) is 10.3. The lowest BCUT2D eigenvalue weighted by Crippen LogP contribution is -1.96. The Morgan fingerprint density at radius 2 is 1.10 bits per heavy atom. The number of rotatable bonds is 6. The van der Waals surface area contributed by atoms with E-state index in [0.717, 1.165) is 21.8 Å². The van der Waals surface area contributed by atoms with E-state index in [9.17, 15) is 23.6 Å². The Balaban J connectivity index is 1.48. The molecule has 0 atom stereocenters. The second-order valence-corrected chi connectivity index (χ2v) is 6.80. The molecule has 0 fully saturated rings. The maximum atomic E-state index is 13.0. The highest BCUT2D eigenvalue weighted by molar-refractivity contribution is 7.34. The second-order valence-electron chi connectivity index (χ2n) is 5.90. The molecule has 4 aromatic rings. The molecule has 2 aromatic heterocycles. The van der Waals surface area contributed by atoms with Crippen LogP contribution in [-0.4, -0.2) is 29.8 Å². The van der Waals surface area contributed by atoms with Gasteiger partial charge in [-0.25, -0.2) is 13.3 Å². The van der Waals surface area contributed by atoms with Gasteiger partial charge in [0, 0.05) is 0 Å². The van der Waals surface area contributed by atoms with Gasteiger partial charge in [0.25, 0.3) is 11.8 Å². The van der Waals surface area contributed by atoms with E-state index < -0.39 is 31.6 Å². The molecule has 2 N–H and O–H groups in total. The molecule has 154 valence electrons. The summed E-state index contributed by atoms with van der Waals surface area (Å²) in [5.74, 6) is -2.35. The Hall–Kier alpha value is -3.85. The van der Waals surface area contributed by atoms with Gasteiger partial charge in [-0.05, 0) is 48.5 Å². The van der Waals surface area contributed by atoms with Gasteiger partial charge in [0.05, 0.1) is 23.8 Å². The van der Waals surface area contributed by atoms with E-state index in [1.807, 2.05) is 0 Å². The molecule has 2 aromatic carbocycles. The molecular formula is C18H13F2N4O5P. The fourth-order valence-electron chi connectivity index (χ4n) is 2.54. The first-order valence-corrected chi connectivity index (χ1v) is 9.60.